The molecule has 4 nitrogen and oxygen atoms in total. The van der Waals surface area contributed by atoms with Gasteiger partial charge in [0, 0.05) is 25.0 Å². The van der Waals surface area contributed by atoms with Gasteiger partial charge in [0.15, 0.2) is 0 Å². The first kappa shape index (κ1) is 11.0. The molecule has 0 saturated carbocycles. The smallest absolute Gasteiger partial charge is 0.292 e. The van der Waals surface area contributed by atoms with Crippen LogP contribution in [0.1, 0.15) is 23.2 Å². The molecule has 0 spiro atoms. The van der Waals surface area contributed by atoms with Gasteiger partial charge in [-0.25, -0.2) is 0 Å². The molecule has 78 valence electrons. The van der Waals surface area contributed by atoms with Gasteiger partial charge in [0.05, 0.1) is 5.69 Å². The third kappa shape index (κ3) is 2.73. The van der Waals surface area contributed by atoms with Crippen molar-refractivity contribution >= 4 is 17.5 Å². The summed E-state index contributed by atoms with van der Waals surface area (Å²) >= 11 is 5.77. The molecule has 0 N–H and O–H groups in total. The van der Waals surface area contributed by atoms with Crippen LogP contribution in [0, 0.1) is 6.92 Å². The molecule has 0 aliphatic carbocycles. The SMILES string of the molecule is Cc1cc(C(=O)N(C)CC(C)Cl)on1. The summed E-state index contributed by atoms with van der Waals surface area (Å²) in [4.78, 5) is 13.1. The highest BCUT2D eigenvalue weighted by Gasteiger charge is 2.17. The van der Waals surface area contributed by atoms with E-state index in [1.54, 1.807) is 20.0 Å². The van der Waals surface area contributed by atoms with E-state index >= 15 is 0 Å². The lowest BCUT2D eigenvalue weighted by Gasteiger charge is -2.16. The van der Waals surface area contributed by atoms with Crippen LogP contribution < -0.4 is 0 Å². The highest BCUT2D eigenvalue weighted by atomic mass is 35.5. The highest BCUT2D eigenvalue weighted by molar-refractivity contribution is 6.20. The zero-order valence-corrected chi connectivity index (χ0v) is 9.21. The van der Waals surface area contributed by atoms with Crippen molar-refractivity contribution in [3.05, 3.63) is 17.5 Å². The van der Waals surface area contributed by atoms with Crippen LogP contribution in [0.2, 0.25) is 0 Å². The summed E-state index contributed by atoms with van der Waals surface area (Å²) in [6.07, 6.45) is 0. The molecule has 0 fully saturated rings. The third-order valence-corrected chi connectivity index (χ3v) is 1.85. The minimum absolute atomic E-state index is 0.0760. The molecule has 14 heavy (non-hydrogen) atoms. The van der Waals surface area contributed by atoms with Crippen molar-refractivity contribution in [2.24, 2.45) is 0 Å². The number of carbonyl (C=O) groups excluding carboxylic acids is 1. The Bertz CT molecular complexity index is 322. The number of carbonyl (C=O) groups is 1. The van der Waals surface area contributed by atoms with Gasteiger partial charge in [-0.2, -0.15) is 0 Å². The molecule has 1 unspecified atom stereocenters. The zero-order chi connectivity index (χ0) is 10.7. The van der Waals surface area contributed by atoms with Gasteiger partial charge in [-0.1, -0.05) is 5.16 Å². The van der Waals surface area contributed by atoms with E-state index < -0.39 is 0 Å². The molecule has 0 aliphatic rings. The van der Waals surface area contributed by atoms with Crippen molar-refractivity contribution in [1.82, 2.24) is 10.1 Å². The Morgan fingerprint density at radius 2 is 2.43 bits per heavy atom. The molecular formula is C9H13ClN2O2. The molecule has 0 saturated heterocycles. The Hall–Kier alpha value is -1.03. The lowest BCUT2D eigenvalue weighted by atomic mass is 10.3. The van der Waals surface area contributed by atoms with Gasteiger partial charge in [0.2, 0.25) is 5.76 Å². The van der Waals surface area contributed by atoms with Crippen LogP contribution in [-0.2, 0) is 0 Å². The number of aryl methyl sites for hydroxylation is 1. The van der Waals surface area contributed by atoms with Crippen LogP contribution in [0.25, 0.3) is 0 Å². The fraction of sp³-hybridized carbons (Fsp3) is 0.556. The standard InChI is InChI=1S/C9H13ClN2O2/c1-6(10)5-12(3)9(13)8-4-7(2)11-14-8/h4,6H,5H2,1-3H3. The average Bonchev–Trinajstić information content (AvgIpc) is 2.49. The minimum atomic E-state index is -0.196. The van der Waals surface area contributed by atoms with Gasteiger partial charge in [0.25, 0.3) is 5.91 Å². The number of aromatic nitrogens is 1. The molecular weight excluding hydrogens is 204 g/mol. The number of halogens is 1. The lowest BCUT2D eigenvalue weighted by Crippen LogP contribution is -2.31. The van der Waals surface area contributed by atoms with Gasteiger partial charge in [-0.15, -0.1) is 11.6 Å². The maximum Gasteiger partial charge on any atom is 0.292 e. The topological polar surface area (TPSA) is 46.3 Å². The first-order chi connectivity index (χ1) is 6.50. The molecule has 1 amide bonds. The van der Waals surface area contributed by atoms with Crippen LogP contribution in [0.4, 0.5) is 0 Å². The first-order valence-electron chi connectivity index (χ1n) is 4.33. The Balaban J connectivity index is 2.65. The Kier molecular flexibility index (Phi) is 3.52. The molecule has 1 atom stereocenters. The van der Waals surface area contributed by atoms with Crippen molar-refractivity contribution in [3.8, 4) is 0 Å². The summed E-state index contributed by atoms with van der Waals surface area (Å²) in [6.45, 7) is 4.08. The van der Waals surface area contributed by atoms with Gasteiger partial charge in [0.1, 0.15) is 0 Å². The second-order valence-corrected chi connectivity index (χ2v) is 4.04. The van der Waals surface area contributed by atoms with Crippen molar-refractivity contribution in [3.63, 3.8) is 0 Å². The molecule has 1 aromatic rings. The molecule has 1 aromatic heterocycles. The summed E-state index contributed by atoms with van der Waals surface area (Å²) < 4.78 is 4.84. The summed E-state index contributed by atoms with van der Waals surface area (Å²) in [7, 11) is 1.68. The van der Waals surface area contributed by atoms with Crippen molar-refractivity contribution in [2.75, 3.05) is 13.6 Å². The van der Waals surface area contributed by atoms with Crippen LogP contribution in [0.5, 0.6) is 0 Å². The van der Waals surface area contributed by atoms with Gasteiger partial charge >= 0.3 is 0 Å². The lowest BCUT2D eigenvalue weighted by molar-refractivity contribution is 0.0755. The van der Waals surface area contributed by atoms with Gasteiger partial charge in [-0.05, 0) is 13.8 Å². The first-order valence-corrected chi connectivity index (χ1v) is 4.77. The van der Waals surface area contributed by atoms with Crippen LogP contribution in [0.3, 0.4) is 0 Å². The van der Waals surface area contributed by atoms with E-state index in [4.69, 9.17) is 16.1 Å². The Morgan fingerprint density at radius 3 is 2.86 bits per heavy atom. The van der Waals surface area contributed by atoms with E-state index in [-0.39, 0.29) is 17.0 Å². The number of rotatable bonds is 3. The maximum absolute atomic E-state index is 11.6. The van der Waals surface area contributed by atoms with Gasteiger partial charge < -0.3 is 9.42 Å². The summed E-state index contributed by atoms with van der Waals surface area (Å²) in [5, 5.41) is 3.57. The quantitative estimate of drug-likeness (QED) is 0.723. The molecule has 0 radical (unpaired) electrons. The maximum atomic E-state index is 11.6. The minimum Gasteiger partial charge on any atom is -0.351 e. The zero-order valence-electron chi connectivity index (χ0n) is 8.45. The fourth-order valence-corrected chi connectivity index (χ4v) is 1.32. The van der Waals surface area contributed by atoms with E-state index in [0.717, 1.165) is 0 Å². The van der Waals surface area contributed by atoms with E-state index in [1.165, 1.54) is 4.90 Å². The van der Waals surface area contributed by atoms with Crippen LogP contribution >= 0.6 is 11.6 Å². The predicted molar refractivity (Wildman–Crippen MR) is 53.5 cm³/mol. The van der Waals surface area contributed by atoms with Crippen molar-refractivity contribution in [1.29, 1.82) is 0 Å². The number of amides is 1. The molecule has 0 aromatic carbocycles. The third-order valence-electron chi connectivity index (χ3n) is 1.71. The van der Waals surface area contributed by atoms with Crippen LogP contribution in [0.15, 0.2) is 10.6 Å². The number of alkyl halides is 1. The molecule has 0 bridgehead atoms. The van der Waals surface area contributed by atoms with E-state index in [9.17, 15) is 4.79 Å². The predicted octanol–water partition coefficient (Wildman–Crippen LogP) is 1.68. The fourth-order valence-electron chi connectivity index (χ4n) is 1.11. The van der Waals surface area contributed by atoms with Gasteiger partial charge in [-0.3, -0.25) is 4.79 Å². The van der Waals surface area contributed by atoms with E-state index in [2.05, 4.69) is 5.16 Å². The molecule has 0 aliphatic heterocycles. The van der Waals surface area contributed by atoms with E-state index in [0.29, 0.717) is 12.2 Å². The highest BCUT2D eigenvalue weighted by Crippen LogP contribution is 2.07. The summed E-state index contributed by atoms with van der Waals surface area (Å²) in [5.41, 5.74) is 0.695. The molecule has 1 heterocycles. The van der Waals surface area contributed by atoms with Crippen molar-refractivity contribution < 1.29 is 9.32 Å². The summed E-state index contributed by atoms with van der Waals surface area (Å²) in [5.74, 6) is 0.0559. The second-order valence-electron chi connectivity index (χ2n) is 3.30. The average molecular weight is 217 g/mol. The Labute approximate surface area is 87.8 Å². The van der Waals surface area contributed by atoms with Crippen molar-refractivity contribution in [2.45, 2.75) is 19.2 Å². The van der Waals surface area contributed by atoms with E-state index in [1.807, 2.05) is 6.92 Å². The van der Waals surface area contributed by atoms with Crippen LogP contribution in [-0.4, -0.2) is 34.9 Å². The monoisotopic (exact) mass is 216 g/mol. The largest absolute Gasteiger partial charge is 0.351 e. The molecule has 5 heteroatoms. The number of hydrogen-bond donors (Lipinski definition) is 0. The second kappa shape index (κ2) is 4.46. The number of hydrogen-bond acceptors (Lipinski definition) is 3. The summed E-state index contributed by atoms with van der Waals surface area (Å²) in [6, 6.07) is 1.61. The molecule has 1 rings (SSSR count). The number of nitrogens with zero attached hydrogens (tertiary/aromatic N) is 2. The Morgan fingerprint density at radius 1 is 1.79 bits per heavy atom. The normalized spacial score (nSPS) is 12.6.